The van der Waals surface area contributed by atoms with E-state index in [2.05, 4.69) is 51.1 Å². The van der Waals surface area contributed by atoms with Crippen molar-refractivity contribution in [3.05, 3.63) is 46.7 Å². The molecule has 390 valence electrons. The molecule has 1 saturated heterocycles. The number of ether oxygens (including phenoxy) is 3. The molecule has 2 aliphatic rings. The van der Waals surface area contributed by atoms with Gasteiger partial charge < -0.3 is 60.1 Å². The average Bonchev–Trinajstić information content (AvgIpc) is 3.89. The molecule has 7 N–H and O–H groups in total. The zero-order chi connectivity index (χ0) is 51.7. The summed E-state index contributed by atoms with van der Waals surface area (Å²) in [5.74, 6) is -3.31. The molecule has 24 nitrogen and oxygen atoms in total. The normalized spacial score (nSPS) is 16.0. The smallest absolute Gasteiger partial charge is 0.317 e. The fraction of sp³-hybridized carbons (Fsp3) is 0.574. The van der Waals surface area contributed by atoms with Gasteiger partial charge in [-0.3, -0.25) is 48.4 Å². The number of rotatable bonds is 24. The summed E-state index contributed by atoms with van der Waals surface area (Å²) in [6.45, 7) is 9.82. The minimum atomic E-state index is -1.04. The Hall–Kier alpha value is -6.60. The van der Waals surface area contributed by atoms with Crippen LogP contribution in [0.4, 0.5) is 11.6 Å². The van der Waals surface area contributed by atoms with Crippen LogP contribution in [-0.2, 0) is 35.8 Å². The topological polar surface area (TPSA) is 294 Å². The Morgan fingerprint density at radius 1 is 0.732 bits per heavy atom. The van der Waals surface area contributed by atoms with E-state index in [9.17, 15) is 44.1 Å². The van der Waals surface area contributed by atoms with Gasteiger partial charge >= 0.3 is 17.9 Å². The van der Waals surface area contributed by atoms with Crippen LogP contribution in [0, 0.1) is 6.92 Å². The summed E-state index contributed by atoms with van der Waals surface area (Å²) in [5, 5.41) is 39.8. The Bertz CT molecular complexity index is 2270. The van der Waals surface area contributed by atoms with Gasteiger partial charge in [0, 0.05) is 97.6 Å². The molecule has 3 heterocycles. The molecule has 3 amide bonds. The average molecular weight is 996 g/mol. The molecule has 1 aromatic carbocycles. The Morgan fingerprint density at radius 3 is 1.75 bits per heavy atom. The van der Waals surface area contributed by atoms with E-state index in [0.717, 1.165) is 18.4 Å². The van der Waals surface area contributed by atoms with Gasteiger partial charge in [-0.25, -0.2) is 0 Å². The highest BCUT2D eigenvalue weighted by atomic mass is 16.6. The molecule has 1 aliphatic carbocycles. The summed E-state index contributed by atoms with van der Waals surface area (Å²) < 4.78 is 22.8. The zero-order valence-electron chi connectivity index (χ0n) is 41.5. The lowest BCUT2D eigenvalue weighted by molar-refractivity contribution is -0.140. The summed E-state index contributed by atoms with van der Waals surface area (Å²) in [5.41, 5.74) is 3.63. The second-order valence-electron chi connectivity index (χ2n) is 18.2. The fourth-order valence-electron chi connectivity index (χ4n) is 8.26. The Balaban J connectivity index is 1.02. The molecule has 0 spiro atoms. The minimum absolute atomic E-state index is 0.00443. The van der Waals surface area contributed by atoms with E-state index in [0.29, 0.717) is 58.1 Å². The fourth-order valence-corrected chi connectivity index (χ4v) is 8.26. The van der Waals surface area contributed by atoms with Crippen LogP contribution in [0.2, 0.25) is 0 Å². The van der Waals surface area contributed by atoms with Crippen LogP contribution in [0.5, 0.6) is 23.5 Å². The Labute approximate surface area is 413 Å². The number of hydrogen-bond donors (Lipinski definition) is 7. The molecular weight excluding hydrogens is 927 g/mol. The monoisotopic (exact) mass is 996 g/mol. The lowest BCUT2D eigenvalue weighted by Crippen LogP contribution is -2.50. The number of aliphatic carboxylic acids is 3. The Morgan fingerprint density at radius 2 is 1.24 bits per heavy atom. The first-order chi connectivity index (χ1) is 33.8. The summed E-state index contributed by atoms with van der Waals surface area (Å²) in [4.78, 5) is 91.2. The standard InChI is InChI=1S/C47H69N11O13/c1-31-25-32-9-11-47(2,3)33(32)26-35(31)71-41-8-7-34(70-41)43(67)51-42-44(68-5)52-46(53-45(42)69-6)50-12-10-36(59)48-13-15-54(4)16-14-49-37(60)27-55-17-19-56(28-38(61)62)21-23-58(30-40(65)66)24-22-57(20-18-55)29-39(63)64/h7-8,25-26H,9-24,27-30H2,1-6H3,(H,48,59)(H,49,60)(H,51,67)(H,61,62)(H,63,64)(H,65,66)(H,50,52,53). The number of carbonyl (C=O) groups is 6. The number of likely N-dealkylation sites (N-methyl/N-ethyl adjacent to an activating group) is 1. The van der Waals surface area contributed by atoms with Crippen molar-refractivity contribution in [1.82, 2.24) is 45.1 Å². The van der Waals surface area contributed by atoms with Gasteiger partial charge in [-0.15, -0.1) is 0 Å². The van der Waals surface area contributed by atoms with Gasteiger partial charge in [0.1, 0.15) is 5.75 Å². The Kier molecular flexibility index (Phi) is 20.7. The molecule has 0 atom stereocenters. The number of benzene rings is 1. The molecule has 5 rings (SSSR count). The number of carbonyl (C=O) groups excluding carboxylic acids is 3. The highest BCUT2D eigenvalue weighted by Gasteiger charge is 2.31. The quantitative estimate of drug-likeness (QED) is 0.0661. The van der Waals surface area contributed by atoms with E-state index >= 15 is 0 Å². The van der Waals surface area contributed by atoms with E-state index in [1.165, 1.54) is 31.4 Å². The van der Waals surface area contributed by atoms with Crippen molar-refractivity contribution in [2.45, 2.75) is 45.4 Å². The summed E-state index contributed by atoms with van der Waals surface area (Å²) in [6.07, 6.45) is 2.16. The first-order valence-corrected chi connectivity index (χ1v) is 23.6. The third-order valence-electron chi connectivity index (χ3n) is 12.3. The lowest BCUT2D eigenvalue weighted by Gasteiger charge is -2.32. The van der Waals surface area contributed by atoms with Crippen molar-refractivity contribution in [2.75, 3.05) is 143 Å². The number of hydrogen-bond acceptors (Lipinski definition) is 18. The summed E-state index contributed by atoms with van der Waals surface area (Å²) in [6, 6.07) is 7.25. The number of carboxylic acid groups (broad SMARTS) is 3. The molecular formula is C47H69N11O13. The number of methoxy groups -OCH3 is 2. The maximum absolute atomic E-state index is 13.3. The maximum Gasteiger partial charge on any atom is 0.317 e. The SMILES string of the molecule is COc1nc(NCCC(=O)NCCN(C)CCNC(=O)CN2CCN(CC(=O)O)CCN(CC(=O)O)CCN(CC(=O)O)CC2)nc(OC)c1NC(=O)c1ccc(Oc2cc3c(cc2C)CCC3(C)C)o1. The number of furan rings is 1. The molecule has 2 aromatic heterocycles. The largest absolute Gasteiger partial charge is 0.480 e. The first kappa shape index (κ1) is 55.3. The van der Waals surface area contributed by atoms with Gasteiger partial charge in [0.2, 0.25) is 29.5 Å². The minimum Gasteiger partial charge on any atom is -0.480 e. The number of amides is 3. The van der Waals surface area contributed by atoms with Crippen LogP contribution in [0.3, 0.4) is 0 Å². The number of nitrogens with one attached hydrogen (secondary N) is 4. The molecule has 1 aliphatic heterocycles. The molecule has 0 bridgehead atoms. The van der Waals surface area contributed by atoms with E-state index in [-0.39, 0.29) is 118 Å². The second kappa shape index (κ2) is 26.6. The molecule has 0 unspecified atom stereocenters. The van der Waals surface area contributed by atoms with Gasteiger partial charge in [-0.05, 0) is 61.1 Å². The van der Waals surface area contributed by atoms with Gasteiger partial charge in [0.05, 0.1) is 40.4 Å². The summed E-state index contributed by atoms with van der Waals surface area (Å²) >= 11 is 0. The molecule has 0 radical (unpaired) electrons. The van der Waals surface area contributed by atoms with Crippen molar-refractivity contribution < 1.29 is 62.7 Å². The van der Waals surface area contributed by atoms with Crippen molar-refractivity contribution in [3.63, 3.8) is 0 Å². The number of nitrogens with zero attached hydrogens (tertiary/aromatic N) is 7. The summed E-state index contributed by atoms with van der Waals surface area (Å²) in [7, 11) is 4.61. The van der Waals surface area contributed by atoms with Gasteiger partial charge in [0.25, 0.3) is 11.9 Å². The van der Waals surface area contributed by atoms with Gasteiger partial charge in [-0.1, -0.05) is 19.9 Å². The number of aromatic nitrogens is 2. The molecule has 71 heavy (non-hydrogen) atoms. The maximum atomic E-state index is 13.3. The second-order valence-corrected chi connectivity index (χ2v) is 18.2. The molecule has 3 aromatic rings. The van der Waals surface area contributed by atoms with E-state index in [1.54, 1.807) is 20.8 Å². The number of carboxylic acids is 3. The lowest BCUT2D eigenvalue weighted by atomic mass is 9.86. The van der Waals surface area contributed by atoms with E-state index < -0.39 is 23.8 Å². The molecule has 1 fully saturated rings. The van der Waals surface area contributed by atoms with E-state index in [4.69, 9.17) is 18.6 Å². The number of aryl methyl sites for hydroxylation is 2. The zero-order valence-corrected chi connectivity index (χ0v) is 41.5. The third-order valence-corrected chi connectivity index (χ3v) is 12.3. The third kappa shape index (κ3) is 17.6. The van der Waals surface area contributed by atoms with Crippen molar-refractivity contribution >= 4 is 47.3 Å². The van der Waals surface area contributed by atoms with Crippen LogP contribution in [0.15, 0.2) is 28.7 Å². The van der Waals surface area contributed by atoms with Crippen molar-refractivity contribution in [2.24, 2.45) is 0 Å². The number of fused-ring (bicyclic) bond motifs is 1. The van der Waals surface area contributed by atoms with Crippen molar-refractivity contribution in [1.29, 1.82) is 0 Å². The van der Waals surface area contributed by atoms with Crippen LogP contribution in [0.25, 0.3) is 0 Å². The van der Waals surface area contributed by atoms with Crippen LogP contribution in [0.1, 0.15) is 53.9 Å². The van der Waals surface area contributed by atoms with E-state index in [1.807, 2.05) is 29.8 Å². The molecule has 0 saturated carbocycles. The van der Waals surface area contributed by atoms with Crippen LogP contribution in [-0.4, -0.2) is 218 Å². The molecule has 24 heteroatoms. The first-order valence-electron chi connectivity index (χ1n) is 23.6. The highest BCUT2D eigenvalue weighted by Crippen LogP contribution is 2.42. The van der Waals surface area contributed by atoms with Crippen LogP contribution >= 0.6 is 0 Å². The highest BCUT2D eigenvalue weighted by molar-refractivity contribution is 6.04. The van der Waals surface area contributed by atoms with Crippen LogP contribution < -0.4 is 35.5 Å². The van der Waals surface area contributed by atoms with Gasteiger partial charge in [0.15, 0.2) is 11.4 Å². The predicted molar refractivity (Wildman–Crippen MR) is 260 cm³/mol. The van der Waals surface area contributed by atoms with Gasteiger partial charge in [-0.2, -0.15) is 9.97 Å². The number of anilines is 2. The van der Waals surface area contributed by atoms with Crippen molar-refractivity contribution in [3.8, 4) is 23.5 Å². The predicted octanol–water partition coefficient (Wildman–Crippen LogP) is 1.11.